The first-order chi connectivity index (χ1) is 12.7. The predicted octanol–water partition coefficient (Wildman–Crippen LogP) is 4.28. The van der Waals surface area contributed by atoms with Crippen LogP contribution >= 0.6 is 27.3 Å². The Labute approximate surface area is 164 Å². The molecule has 0 aromatic carbocycles. The smallest absolute Gasteiger partial charge is 0.359 e. The van der Waals surface area contributed by atoms with Crippen molar-refractivity contribution >= 4 is 44.1 Å². The van der Waals surface area contributed by atoms with Crippen LogP contribution in [0.1, 0.15) is 55.7 Å². The summed E-state index contributed by atoms with van der Waals surface area (Å²) in [6, 6.07) is 0.396. The fraction of sp³-hybridized carbons (Fsp3) is 0.588. The lowest BCUT2D eigenvalue weighted by Gasteiger charge is -2.23. The molecule has 0 amide bonds. The molecule has 9 heteroatoms. The van der Waals surface area contributed by atoms with Gasteiger partial charge in [0.1, 0.15) is 10.0 Å². The molecule has 2 aliphatic rings. The van der Waals surface area contributed by atoms with Crippen molar-refractivity contribution in [1.82, 2.24) is 14.8 Å². The molecule has 1 atom stereocenters. The maximum atomic E-state index is 12.1. The Bertz CT molecular complexity index is 783. The van der Waals surface area contributed by atoms with Gasteiger partial charge in [-0.3, -0.25) is 0 Å². The second-order valence-corrected chi connectivity index (χ2v) is 8.74. The summed E-state index contributed by atoms with van der Waals surface area (Å²) in [5, 5.41) is 5.30. The molecule has 1 unspecified atom stereocenters. The van der Waals surface area contributed by atoms with Crippen molar-refractivity contribution in [2.75, 3.05) is 18.1 Å². The minimum Gasteiger partial charge on any atom is -0.461 e. The zero-order valence-corrected chi connectivity index (χ0v) is 17.0. The van der Waals surface area contributed by atoms with E-state index in [0.29, 0.717) is 22.1 Å². The van der Waals surface area contributed by atoms with Crippen molar-refractivity contribution < 1.29 is 14.3 Å². The number of esters is 1. The average molecular weight is 441 g/mol. The fourth-order valence-corrected chi connectivity index (χ4v) is 4.63. The van der Waals surface area contributed by atoms with E-state index in [1.54, 1.807) is 6.92 Å². The number of halogens is 1. The van der Waals surface area contributed by atoms with E-state index in [2.05, 4.69) is 30.9 Å². The van der Waals surface area contributed by atoms with Crippen molar-refractivity contribution in [2.24, 2.45) is 0 Å². The monoisotopic (exact) mass is 440 g/mol. The van der Waals surface area contributed by atoms with Crippen molar-refractivity contribution in [3.63, 3.8) is 0 Å². The number of hydrogen-bond acceptors (Lipinski definition) is 7. The van der Waals surface area contributed by atoms with Gasteiger partial charge in [0.25, 0.3) is 0 Å². The number of ether oxygens (including phenoxy) is 2. The van der Waals surface area contributed by atoms with Crippen LogP contribution in [0.15, 0.2) is 16.2 Å². The molecule has 2 aromatic rings. The Hall–Kier alpha value is -1.45. The van der Waals surface area contributed by atoms with Gasteiger partial charge < -0.3 is 14.4 Å². The highest BCUT2D eigenvalue weighted by molar-refractivity contribution is 9.11. The van der Waals surface area contributed by atoms with Crippen LogP contribution in [0.2, 0.25) is 0 Å². The number of carbonyl (C=O) groups excluding carboxylic acids is 1. The van der Waals surface area contributed by atoms with Crippen LogP contribution in [-0.4, -0.2) is 40.0 Å². The van der Waals surface area contributed by atoms with Gasteiger partial charge in [0.05, 0.1) is 24.7 Å². The van der Waals surface area contributed by atoms with Gasteiger partial charge in [0.2, 0.25) is 0 Å². The molecule has 1 aliphatic heterocycles. The second-order valence-electron chi connectivity index (χ2n) is 6.44. The summed E-state index contributed by atoms with van der Waals surface area (Å²) in [6.45, 7) is 2.91. The SMILES string of the molecule is CCOC(=O)c1nc(N(c2cnn(C3CCCCO3)c2)C2CC2)sc1Br. The normalized spacial score (nSPS) is 20.2. The molecular formula is C17H21BrN4O3S. The first-order valence-electron chi connectivity index (χ1n) is 8.95. The van der Waals surface area contributed by atoms with Crippen LogP contribution in [0, 0.1) is 0 Å². The lowest BCUT2D eigenvalue weighted by atomic mass is 10.2. The van der Waals surface area contributed by atoms with E-state index in [9.17, 15) is 4.79 Å². The molecule has 1 saturated heterocycles. The summed E-state index contributed by atoms with van der Waals surface area (Å²) in [7, 11) is 0. The number of anilines is 2. The van der Waals surface area contributed by atoms with E-state index in [1.165, 1.54) is 11.3 Å². The Kier molecular flexibility index (Phi) is 5.28. The molecule has 2 fully saturated rings. The zero-order chi connectivity index (χ0) is 18.1. The van der Waals surface area contributed by atoms with Gasteiger partial charge in [0, 0.05) is 12.6 Å². The third kappa shape index (κ3) is 3.65. The summed E-state index contributed by atoms with van der Waals surface area (Å²) in [5.41, 5.74) is 1.32. The number of rotatable bonds is 6. The van der Waals surface area contributed by atoms with Crippen LogP contribution in [0.5, 0.6) is 0 Å². The maximum absolute atomic E-state index is 12.1. The largest absolute Gasteiger partial charge is 0.461 e. The Morgan fingerprint density at radius 3 is 3.00 bits per heavy atom. The summed E-state index contributed by atoms with van der Waals surface area (Å²) in [4.78, 5) is 18.8. The molecule has 140 valence electrons. The summed E-state index contributed by atoms with van der Waals surface area (Å²) < 4.78 is 13.5. The highest BCUT2D eigenvalue weighted by atomic mass is 79.9. The first kappa shape index (κ1) is 17.9. The van der Waals surface area contributed by atoms with Gasteiger partial charge in [-0.25, -0.2) is 14.5 Å². The minimum atomic E-state index is -0.399. The molecule has 0 spiro atoms. The Balaban J connectivity index is 1.60. The van der Waals surface area contributed by atoms with Gasteiger partial charge in [-0.15, -0.1) is 0 Å². The van der Waals surface area contributed by atoms with E-state index < -0.39 is 5.97 Å². The van der Waals surface area contributed by atoms with Crippen LogP contribution in [0.25, 0.3) is 0 Å². The summed E-state index contributed by atoms with van der Waals surface area (Å²) >= 11 is 4.90. The summed E-state index contributed by atoms with van der Waals surface area (Å²) in [6.07, 6.45) is 9.37. The molecule has 7 nitrogen and oxygen atoms in total. The topological polar surface area (TPSA) is 69.5 Å². The van der Waals surface area contributed by atoms with Crippen LogP contribution in [0.4, 0.5) is 10.8 Å². The van der Waals surface area contributed by atoms with Crippen LogP contribution in [0.3, 0.4) is 0 Å². The minimum absolute atomic E-state index is 0.0108. The van der Waals surface area contributed by atoms with E-state index in [0.717, 1.165) is 49.5 Å². The zero-order valence-electron chi connectivity index (χ0n) is 14.6. The molecule has 3 heterocycles. The second kappa shape index (κ2) is 7.66. The van der Waals surface area contributed by atoms with Crippen molar-refractivity contribution in [2.45, 2.75) is 51.3 Å². The van der Waals surface area contributed by atoms with Crippen LogP contribution in [-0.2, 0) is 9.47 Å². The van der Waals surface area contributed by atoms with Crippen LogP contribution < -0.4 is 4.90 Å². The standard InChI is InChI=1S/C17H21BrN4O3S/c1-2-24-16(23)14-15(18)26-17(20-14)22(11-6-7-11)12-9-19-21(10-12)13-5-3-4-8-25-13/h9-11,13H,2-8H2,1H3. The third-order valence-electron chi connectivity index (χ3n) is 4.48. The van der Waals surface area contributed by atoms with E-state index in [1.807, 2.05) is 17.1 Å². The quantitative estimate of drug-likeness (QED) is 0.624. The molecule has 0 N–H and O–H groups in total. The van der Waals surface area contributed by atoms with Gasteiger partial charge in [-0.1, -0.05) is 11.3 Å². The van der Waals surface area contributed by atoms with E-state index >= 15 is 0 Å². The van der Waals surface area contributed by atoms with E-state index in [-0.39, 0.29) is 6.23 Å². The summed E-state index contributed by atoms with van der Waals surface area (Å²) in [5.74, 6) is -0.399. The fourth-order valence-electron chi connectivity index (χ4n) is 3.07. The number of thiazole rings is 1. The van der Waals surface area contributed by atoms with Crippen molar-refractivity contribution in [3.05, 3.63) is 21.9 Å². The van der Waals surface area contributed by atoms with Gasteiger partial charge >= 0.3 is 5.97 Å². The molecule has 1 saturated carbocycles. The number of hydrogen-bond donors (Lipinski definition) is 0. The van der Waals surface area contributed by atoms with E-state index in [4.69, 9.17) is 9.47 Å². The first-order valence-corrected chi connectivity index (χ1v) is 10.6. The lowest BCUT2D eigenvalue weighted by Crippen LogP contribution is -2.20. The predicted molar refractivity (Wildman–Crippen MR) is 102 cm³/mol. The Morgan fingerprint density at radius 2 is 2.31 bits per heavy atom. The maximum Gasteiger partial charge on any atom is 0.359 e. The van der Waals surface area contributed by atoms with Crippen molar-refractivity contribution in [1.29, 1.82) is 0 Å². The molecule has 1 aliphatic carbocycles. The van der Waals surface area contributed by atoms with Crippen molar-refractivity contribution in [3.8, 4) is 0 Å². The molecule has 4 rings (SSSR count). The van der Waals surface area contributed by atoms with Gasteiger partial charge in [-0.05, 0) is 55.0 Å². The molecule has 26 heavy (non-hydrogen) atoms. The lowest BCUT2D eigenvalue weighted by molar-refractivity contribution is -0.0394. The molecule has 2 aromatic heterocycles. The third-order valence-corrected chi connectivity index (χ3v) is 6.18. The highest BCUT2D eigenvalue weighted by Crippen LogP contribution is 2.42. The number of nitrogens with zero attached hydrogens (tertiary/aromatic N) is 4. The number of aromatic nitrogens is 3. The molecular weight excluding hydrogens is 420 g/mol. The Morgan fingerprint density at radius 1 is 1.46 bits per heavy atom. The van der Waals surface area contributed by atoms with Gasteiger partial charge in [0.15, 0.2) is 10.8 Å². The number of carbonyl (C=O) groups is 1. The highest BCUT2D eigenvalue weighted by Gasteiger charge is 2.34. The molecule has 0 bridgehead atoms. The molecule has 0 radical (unpaired) electrons. The van der Waals surface area contributed by atoms with Gasteiger partial charge in [-0.2, -0.15) is 5.10 Å². The average Bonchev–Trinajstić information content (AvgIpc) is 3.22.